The van der Waals surface area contributed by atoms with Crippen molar-refractivity contribution in [1.29, 1.82) is 0 Å². The van der Waals surface area contributed by atoms with Crippen molar-refractivity contribution in [3.63, 3.8) is 0 Å². The van der Waals surface area contributed by atoms with Crippen molar-refractivity contribution in [3.05, 3.63) is 14.1 Å². The van der Waals surface area contributed by atoms with E-state index < -0.39 is 18.4 Å². The number of likely N-dealkylation sites (N-methyl/N-ethyl adjacent to an activating group) is 1. The quantitative estimate of drug-likeness (QED) is 0.328. The summed E-state index contributed by atoms with van der Waals surface area (Å²) in [5.74, 6) is 1.28. The Kier molecular flexibility index (Phi) is 9.23. The van der Waals surface area contributed by atoms with Gasteiger partial charge in [0.1, 0.15) is 16.9 Å². The Morgan fingerprint density at radius 1 is 1.12 bits per heavy atom. The maximum absolute atomic E-state index is 13.3. The Hall–Kier alpha value is -1.81. The third-order valence-corrected chi connectivity index (χ3v) is 10.9. The van der Waals surface area contributed by atoms with E-state index in [1.54, 1.807) is 4.90 Å². The summed E-state index contributed by atoms with van der Waals surface area (Å²) < 4.78 is 51.9. The number of piperazine rings is 1. The van der Waals surface area contributed by atoms with E-state index >= 15 is 0 Å². The molecule has 3 saturated heterocycles. The Morgan fingerprint density at radius 3 is 2.40 bits per heavy atom. The van der Waals surface area contributed by atoms with Crippen molar-refractivity contribution in [2.24, 2.45) is 5.41 Å². The summed E-state index contributed by atoms with van der Waals surface area (Å²) in [6, 6.07) is 2.23. The first-order chi connectivity index (χ1) is 20.1. The minimum atomic E-state index is -4.49. The molecule has 1 amide bonds. The first kappa shape index (κ1) is 32.6. The number of fused-ring (bicyclic) bond motifs is 1. The number of piperidine rings is 1. The first-order valence-electron chi connectivity index (χ1n) is 14.7. The average molecular weight is 783 g/mol. The lowest BCUT2D eigenvalue weighted by molar-refractivity contribution is -0.153. The molecule has 0 N–H and O–H groups in total. The van der Waals surface area contributed by atoms with Gasteiger partial charge in [-0.25, -0.2) is 9.78 Å². The summed E-state index contributed by atoms with van der Waals surface area (Å²) in [6.45, 7) is 11.3. The van der Waals surface area contributed by atoms with Crippen LogP contribution < -0.4 is 14.5 Å². The highest BCUT2D eigenvalue weighted by Gasteiger charge is 2.48. The maximum atomic E-state index is 13.3. The van der Waals surface area contributed by atoms with Gasteiger partial charge in [0.05, 0.1) is 4.47 Å². The molecule has 1 unspecified atom stereocenters. The minimum absolute atomic E-state index is 0.0311. The third kappa shape index (κ3) is 7.21. The third-order valence-electron chi connectivity index (χ3n) is 8.55. The van der Waals surface area contributed by atoms with Gasteiger partial charge in [-0.2, -0.15) is 18.2 Å². The topological polar surface area (TPSA) is 74.3 Å². The van der Waals surface area contributed by atoms with Crippen molar-refractivity contribution < 1.29 is 27.4 Å². The van der Waals surface area contributed by atoms with Crippen molar-refractivity contribution in [3.8, 4) is 5.75 Å². The number of nitrogens with zero attached hydrogens (tertiary/aromatic N) is 6. The van der Waals surface area contributed by atoms with Gasteiger partial charge in [-0.05, 0) is 91.7 Å². The lowest BCUT2D eigenvalue weighted by Crippen LogP contribution is -2.62. The summed E-state index contributed by atoms with van der Waals surface area (Å²) >= 11 is 5.57. The largest absolute Gasteiger partial charge is 0.481 e. The molecule has 0 aliphatic carbocycles. The van der Waals surface area contributed by atoms with Crippen LogP contribution in [0.4, 0.5) is 29.7 Å². The van der Waals surface area contributed by atoms with Gasteiger partial charge in [0.2, 0.25) is 5.95 Å². The molecule has 0 saturated carbocycles. The molecule has 3 aliphatic rings. The van der Waals surface area contributed by atoms with Crippen LogP contribution in [0.3, 0.4) is 0 Å². The predicted octanol–water partition coefficient (Wildman–Crippen LogP) is 6.31. The highest BCUT2D eigenvalue weighted by Crippen LogP contribution is 2.45. The molecule has 5 rings (SSSR count). The molecular formula is C29H39BrF3IN6O3. The lowest BCUT2D eigenvalue weighted by Gasteiger charge is -2.53. The van der Waals surface area contributed by atoms with Crippen LogP contribution in [0.25, 0.3) is 10.9 Å². The van der Waals surface area contributed by atoms with E-state index in [0.29, 0.717) is 69.5 Å². The number of amides is 1. The number of ether oxygens (including phenoxy) is 2. The fourth-order valence-electron chi connectivity index (χ4n) is 6.12. The van der Waals surface area contributed by atoms with E-state index in [2.05, 4.69) is 67.2 Å². The van der Waals surface area contributed by atoms with E-state index in [1.165, 1.54) is 0 Å². The summed E-state index contributed by atoms with van der Waals surface area (Å²) in [5, 5.41) is 0.662. The standard InChI is InChI=1S/C29H39BrF3IN6O3/c1-6-18-14-39(12-11-37(18)5)25-35-22-19(13-20(34)21(30)23(22)42-17-29(31,32)33)24(36-25)38-9-7-28(8-10-38)15-40(16-28)26(41)43-27(2,3)4/h13,18H,6-12,14-17H2,1-5H3. The first-order valence-corrected chi connectivity index (χ1v) is 16.5. The molecule has 3 fully saturated rings. The number of benzene rings is 1. The average Bonchev–Trinajstić information content (AvgIpc) is 2.90. The number of rotatable bonds is 5. The normalized spacial score (nSPS) is 21.3. The van der Waals surface area contributed by atoms with Crippen LogP contribution in [-0.4, -0.2) is 103 Å². The number of anilines is 2. The molecule has 14 heteroatoms. The molecule has 43 heavy (non-hydrogen) atoms. The highest BCUT2D eigenvalue weighted by atomic mass is 127. The number of halogens is 5. The van der Waals surface area contributed by atoms with Crippen LogP contribution in [-0.2, 0) is 4.74 Å². The molecule has 1 aromatic carbocycles. The number of carbonyl (C=O) groups excluding carboxylic acids is 1. The number of aromatic nitrogens is 2. The number of likely N-dealkylation sites (tertiary alicyclic amines) is 1. The Morgan fingerprint density at radius 2 is 1.79 bits per heavy atom. The van der Waals surface area contributed by atoms with E-state index in [4.69, 9.17) is 19.4 Å². The summed E-state index contributed by atoms with van der Waals surface area (Å²) in [6.07, 6.45) is -2.08. The van der Waals surface area contributed by atoms with Crippen LogP contribution >= 0.6 is 38.5 Å². The van der Waals surface area contributed by atoms with Gasteiger partial charge in [-0.3, -0.25) is 4.90 Å². The number of hydrogen-bond acceptors (Lipinski definition) is 8. The Balaban J connectivity index is 1.46. The van der Waals surface area contributed by atoms with E-state index in [-0.39, 0.29) is 17.3 Å². The SMILES string of the molecule is CCC1CN(c2nc(N3CCC4(CC3)CN(C(=O)OC(C)(C)C)C4)c3cc(I)c(Br)c(OCC(F)(F)F)c3n2)CCN1C. The molecule has 1 atom stereocenters. The molecular weight excluding hydrogens is 744 g/mol. The van der Waals surface area contributed by atoms with E-state index in [0.717, 1.165) is 32.4 Å². The molecule has 1 aromatic heterocycles. The van der Waals surface area contributed by atoms with Crippen LogP contribution in [0.2, 0.25) is 0 Å². The van der Waals surface area contributed by atoms with Gasteiger partial charge in [0, 0.05) is 66.2 Å². The second kappa shape index (κ2) is 12.2. The second-order valence-electron chi connectivity index (χ2n) is 13.0. The summed E-state index contributed by atoms with van der Waals surface area (Å²) in [4.78, 5) is 30.9. The van der Waals surface area contributed by atoms with E-state index in [9.17, 15) is 18.0 Å². The Labute approximate surface area is 272 Å². The maximum Gasteiger partial charge on any atom is 0.422 e. The fraction of sp³-hybridized carbons (Fsp3) is 0.690. The molecule has 9 nitrogen and oxygen atoms in total. The Bertz CT molecular complexity index is 1360. The van der Waals surface area contributed by atoms with Gasteiger partial charge in [-0.15, -0.1) is 0 Å². The molecule has 0 bridgehead atoms. The second-order valence-corrected chi connectivity index (χ2v) is 14.9. The molecule has 4 heterocycles. The van der Waals surface area contributed by atoms with Crippen LogP contribution in [0.1, 0.15) is 47.0 Å². The number of hydrogen-bond donors (Lipinski definition) is 0. The van der Waals surface area contributed by atoms with Crippen molar-refractivity contribution >= 4 is 67.3 Å². The zero-order valence-corrected chi connectivity index (χ0v) is 29.0. The minimum Gasteiger partial charge on any atom is -0.481 e. The highest BCUT2D eigenvalue weighted by molar-refractivity contribution is 14.1. The smallest absolute Gasteiger partial charge is 0.422 e. The van der Waals surface area contributed by atoms with Crippen molar-refractivity contribution in [1.82, 2.24) is 19.8 Å². The molecule has 2 aromatic rings. The van der Waals surface area contributed by atoms with E-state index in [1.807, 2.05) is 26.8 Å². The predicted molar refractivity (Wildman–Crippen MR) is 172 cm³/mol. The summed E-state index contributed by atoms with van der Waals surface area (Å²) in [5.41, 5.74) is -0.141. The van der Waals surface area contributed by atoms with Gasteiger partial charge in [-0.1, -0.05) is 6.92 Å². The lowest BCUT2D eigenvalue weighted by atomic mass is 9.72. The zero-order chi connectivity index (χ0) is 31.3. The molecule has 1 spiro atoms. The number of carbonyl (C=O) groups is 1. The molecule has 0 radical (unpaired) electrons. The van der Waals surface area contributed by atoms with Gasteiger partial charge in [0.15, 0.2) is 12.4 Å². The summed E-state index contributed by atoms with van der Waals surface area (Å²) in [7, 11) is 2.11. The van der Waals surface area contributed by atoms with Crippen LogP contribution in [0.5, 0.6) is 5.75 Å². The molecule has 238 valence electrons. The van der Waals surface area contributed by atoms with Crippen LogP contribution in [0.15, 0.2) is 10.5 Å². The van der Waals surface area contributed by atoms with Crippen LogP contribution in [0, 0.1) is 8.99 Å². The molecule has 3 aliphatic heterocycles. The zero-order valence-electron chi connectivity index (χ0n) is 25.2. The van der Waals surface area contributed by atoms with Crippen molar-refractivity contribution in [2.75, 3.05) is 69.3 Å². The van der Waals surface area contributed by atoms with Gasteiger partial charge < -0.3 is 24.2 Å². The fourth-order valence-corrected chi connectivity index (χ4v) is 7.09. The van der Waals surface area contributed by atoms with Crippen molar-refractivity contribution in [2.45, 2.75) is 64.8 Å². The number of alkyl halides is 3. The van der Waals surface area contributed by atoms with Gasteiger partial charge >= 0.3 is 12.3 Å². The van der Waals surface area contributed by atoms with Gasteiger partial charge in [0.25, 0.3) is 0 Å². The monoisotopic (exact) mass is 782 g/mol.